The summed E-state index contributed by atoms with van der Waals surface area (Å²) in [4.78, 5) is 2.40. The van der Waals surface area contributed by atoms with Crippen LogP contribution in [0.25, 0.3) is 0 Å². The molecule has 0 aromatic heterocycles. The highest BCUT2D eigenvalue weighted by atomic mass is 16.3. The molecule has 106 valence electrons. The first-order chi connectivity index (χ1) is 9.24. The summed E-state index contributed by atoms with van der Waals surface area (Å²) in [6.07, 6.45) is 8.44. The van der Waals surface area contributed by atoms with Gasteiger partial charge < -0.3 is 10.0 Å². The van der Waals surface area contributed by atoms with Crippen molar-refractivity contribution in [1.82, 2.24) is 0 Å². The van der Waals surface area contributed by atoms with Crippen LogP contribution in [0.5, 0.6) is 0 Å². The lowest BCUT2D eigenvalue weighted by molar-refractivity contribution is 0.174. The van der Waals surface area contributed by atoms with Gasteiger partial charge in [-0.05, 0) is 25.3 Å². The minimum Gasteiger partial charge on any atom is -0.388 e. The van der Waals surface area contributed by atoms with Crippen molar-refractivity contribution in [3.63, 3.8) is 0 Å². The molecular weight excluding hydrogens is 234 g/mol. The second kappa shape index (κ2) is 6.95. The fourth-order valence-corrected chi connectivity index (χ4v) is 3.15. The maximum atomic E-state index is 10.2. The molecule has 2 heteroatoms. The number of hydrogen-bond donors (Lipinski definition) is 1. The van der Waals surface area contributed by atoms with Gasteiger partial charge in [0.15, 0.2) is 0 Å². The van der Waals surface area contributed by atoms with Gasteiger partial charge in [0, 0.05) is 24.3 Å². The van der Waals surface area contributed by atoms with Crippen molar-refractivity contribution in [1.29, 1.82) is 0 Å². The third-order valence-electron chi connectivity index (χ3n) is 4.43. The van der Waals surface area contributed by atoms with E-state index in [1.165, 1.54) is 44.2 Å². The smallest absolute Gasteiger partial charge is 0.0807 e. The average Bonchev–Trinajstić information content (AvgIpc) is 2.74. The molecule has 0 aliphatic heterocycles. The van der Waals surface area contributed by atoms with Gasteiger partial charge in [0.05, 0.1) is 6.10 Å². The zero-order valence-corrected chi connectivity index (χ0v) is 12.3. The number of aliphatic hydroxyl groups is 1. The molecule has 0 bridgehead atoms. The summed E-state index contributed by atoms with van der Waals surface area (Å²) in [6.45, 7) is 2.03. The fraction of sp³-hybridized carbons (Fsp3) is 0.647. The lowest BCUT2D eigenvalue weighted by Gasteiger charge is -2.32. The standard InChI is InChI=1S/C17H27NO/c1-3-17(19)15-12-8-9-13-16(15)18(2)14-10-6-4-5-7-11-14/h8-9,12-14,17,19H,3-7,10-11H2,1-2H3/t17-/m0/s1. The molecule has 0 unspecified atom stereocenters. The molecular formula is C17H27NO. The van der Waals surface area contributed by atoms with E-state index in [1.54, 1.807) is 0 Å². The predicted molar refractivity (Wildman–Crippen MR) is 81.6 cm³/mol. The predicted octanol–water partition coefficient (Wildman–Crippen LogP) is 4.29. The van der Waals surface area contributed by atoms with E-state index < -0.39 is 0 Å². The lowest BCUT2D eigenvalue weighted by atomic mass is 10.0. The normalized spacial score (nSPS) is 18.9. The van der Waals surface area contributed by atoms with Crippen LogP contribution in [0.3, 0.4) is 0 Å². The number of hydrogen-bond acceptors (Lipinski definition) is 2. The van der Waals surface area contributed by atoms with E-state index in [2.05, 4.69) is 30.1 Å². The van der Waals surface area contributed by atoms with E-state index >= 15 is 0 Å². The number of rotatable bonds is 4. The molecule has 0 amide bonds. The summed E-state index contributed by atoms with van der Waals surface area (Å²) in [5, 5.41) is 10.2. The second-order valence-electron chi connectivity index (χ2n) is 5.74. The molecule has 1 saturated carbocycles. The highest BCUT2D eigenvalue weighted by Gasteiger charge is 2.20. The molecule has 0 saturated heterocycles. The summed E-state index contributed by atoms with van der Waals surface area (Å²) in [6, 6.07) is 8.95. The van der Waals surface area contributed by atoms with Gasteiger partial charge in [0.2, 0.25) is 0 Å². The van der Waals surface area contributed by atoms with Crippen molar-refractivity contribution in [2.24, 2.45) is 0 Å². The van der Waals surface area contributed by atoms with Gasteiger partial charge in [0.25, 0.3) is 0 Å². The molecule has 1 aliphatic carbocycles. The molecule has 1 aliphatic rings. The van der Waals surface area contributed by atoms with Crippen molar-refractivity contribution < 1.29 is 5.11 Å². The van der Waals surface area contributed by atoms with Crippen molar-refractivity contribution >= 4 is 5.69 Å². The zero-order valence-electron chi connectivity index (χ0n) is 12.3. The SMILES string of the molecule is CC[C@H](O)c1ccccc1N(C)C1CCCCCC1. The van der Waals surface area contributed by atoms with Crippen LogP contribution >= 0.6 is 0 Å². The maximum absolute atomic E-state index is 10.2. The Labute approximate surface area is 117 Å². The Hall–Kier alpha value is -1.02. The van der Waals surface area contributed by atoms with E-state index in [0.29, 0.717) is 6.04 Å². The number of nitrogens with zero attached hydrogens (tertiary/aromatic N) is 1. The molecule has 2 rings (SSSR count). The fourth-order valence-electron chi connectivity index (χ4n) is 3.15. The molecule has 19 heavy (non-hydrogen) atoms. The summed E-state index contributed by atoms with van der Waals surface area (Å²) in [5.41, 5.74) is 2.29. The summed E-state index contributed by atoms with van der Waals surface area (Å²) >= 11 is 0. The van der Waals surface area contributed by atoms with Crippen LogP contribution in [0.2, 0.25) is 0 Å². The largest absolute Gasteiger partial charge is 0.388 e. The molecule has 2 nitrogen and oxygen atoms in total. The summed E-state index contributed by atoms with van der Waals surface area (Å²) < 4.78 is 0. The highest BCUT2D eigenvalue weighted by Crippen LogP contribution is 2.31. The van der Waals surface area contributed by atoms with E-state index in [4.69, 9.17) is 0 Å². The van der Waals surface area contributed by atoms with Gasteiger partial charge in [-0.15, -0.1) is 0 Å². The first-order valence-electron chi connectivity index (χ1n) is 7.74. The van der Waals surface area contributed by atoms with Gasteiger partial charge >= 0.3 is 0 Å². The van der Waals surface area contributed by atoms with Gasteiger partial charge in [-0.3, -0.25) is 0 Å². The first kappa shape index (κ1) is 14.4. The number of aliphatic hydroxyl groups excluding tert-OH is 1. The summed E-state index contributed by atoms with van der Waals surface area (Å²) in [5.74, 6) is 0. The zero-order chi connectivity index (χ0) is 13.7. The lowest BCUT2D eigenvalue weighted by Crippen LogP contribution is -2.32. The second-order valence-corrected chi connectivity index (χ2v) is 5.74. The molecule has 1 fully saturated rings. The van der Waals surface area contributed by atoms with Crippen molar-refractivity contribution in [3.05, 3.63) is 29.8 Å². The molecule has 0 spiro atoms. The van der Waals surface area contributed by atoms with Gasteiger partial charge in [-0.1, -0.05) is 50.8 Å². The first-order valence-corrected chi connectivity index (χ1v) is 7.74. The molecule has 1 N–H and O–H groups in total. The van der Waals surface area contributed by atoms with E-state index in [-0.39, 0.29) is 6.10 Å². The molecule has 0 radical (unpaired) electrons. The van der Waals surface area contributed by atoms with Crippen LogP contribution in [0.4, 0.5) is 5.69 Å². The van der Waals surface area contributed by atoms with Gasteiger partial charge in [-0.25, -0.2) is 0 Å². The average molecular weight is 261 g/mol. The number of anilines is 1. The van der Waals surface area contributed by atoms with Gasteiger partial charge in [-0.2, -0.15) is 0 Å². The van der Waals surface area contributed by atoms with Crippen LogP contribution in [-0.2, 0) is 0 Å². The van der Waals surface area contributed by atoms with E-state index in [0.717, 1.165) is 12.0 Å². The number of para-hydroxylation sites is 1. The third-order valence-corrected chi connectivity index (χ3v) is 4.43. The van der Waals surface area contributed by atoms with Crippen molar-refractivity contribution in [3.8, 4) is 0 Å². The Kier molecular flexibility index (Phi) is 5.26. The Balaban J connectivity index is 2.19. The van der Waals surface area contributed by atoms with Crippen molar-refractivity contribution in [2.45, 2.75) is 64.0 Å². The molecule has 0 heterocycles. The van der Waals surface area contributed by atoms with Crippen molar-refractivity contribution in [2.75, 3.05) is 11.9 Å². The molecule has 1 aromatic carbocycles. The van der Waals surface area contributed by atoms with Crippen LogP contribution in [0.15, 0.2) is 24.3 Å². The summed E-state index contributed by atoms with van der Waals surface area (Å²) in [7, 11) is 2.19. The highest BCUT2D eigenvalue weighted by molar-refractivity contribution is 5.54. The minimum absolute atomic E-state index is 0.343. The van der Waals surface area contributed by atoms with Crippen LogP contribution in [0.1, 0.15) is 63.5 Å². The Morgan fingerprint density at radius 1 is 1.16 bits per heavy atom. The van der Waals surface area contributed by atoms with E-state index in [9.17, 15) is 5.11 Å². The van der Waals surface area contributed by atoms with Crippen LogP contribution in [0, 0.1) is 0 Å². The monoisotopic (exact) mass is 261 g/mol. The number of benzene rings is 1. The Morgan fingerprint density at radius 2 is 1.79 bits per heavy atom. The Bertz CT molecular complexity index is 383. The topological polar surface area (TPSA) is 23.5 Å². The van der Waals surface area contributed by atoms with Gasteiger partial charge in [0.1, 0.15) is 0 Å². The quantitative estimate of drug-likeness (QED) is 0.817. The molecule has 1 atom stereocenters. The molecule has 1 aromatic rings. The van der Waals surface area contributed by atoms with Crippen LogP contribution < -0.4 is 4.90 Å². The third kappa shape index (κ3) is 3.50. The van der Waals surface area contributed by atoms with E-state index in [1.807, 2.05) is 13.0 Å². The van der Waals surface area contributed by atoms with Crippen LogP contribution in [-0.4, -0.2) is 18.2 Å². The maximum Gasteiger partial charge on any atom is 0.0807 e. The minimum atomic E-state index is -0.343. The Morgan fingerprint density at radius 3 is 2.42 bits per heavy atom.